The summed E-state index contributed by atoms with van der Waals surface area (Å²) in [5.41, 5.74) is 9.89. The molecule has 2 unspecified atom stereocenters. The fourth-order valence-corrected chi connectivity index (χ4v) is 1.06. The van der Waals surface area contributed by atoms with Crippen LogP contribution in [0.2, 0.25) is 0 Å². The zero-order chi connectivity index (χ0) is 8.43. The molecule has 5 nitrogen and oxygen atoms in total. The number of primary amides is 2. The van der Waals surface area contributed by atoms with Crippen molar-refractivity contribution < 1.29 is 14.3 Å². The van der Waals surface area contributed by atoms with E-state index in [9.17, 15) is 9.59 Å². The molecule has 1 saturated heterocycles. The lowest BCUT2D eigenvalue weighted by Crippen LogP contribution is -2.33. The summed E-state index contributed by atoms with van der Waals surface area (Å²) in [5, 5.41) is 0. The molecule has 0 spiro atoms. The van der Waals surface area contributed by atoms with Gasteiger partial charge in [0.25, 0.3) is 0 Å². The molecule has 5 heteroatoms. The number of nitrogens with two attached hydrogens (primary N) is 2. The van der Waals surface area contributed by atoms with Gasteiger partial charge in [0.15, 0.2) is 0 Å². The van der Waals surface area contributed by atoms with Crippen LogP contribution in [0.15, 0.2) is 0 Å². The number of carbonyl (C=O) groups excluding carboxylic acids is 2. The summed E-state index contributed by atoms with van der Waals surface area (Å²) >= 11 is 0. The zero-order valence-corrected chi connectivity index (χ0v) is 5.95. The number of hydrogen-bond donors (Lipinski definition) is 2. The molecule has 1 heterocycles. The van der Waals surface area contributed by atoms with E-state index < -0.39 is 24.0 Å². The number of rotatable bonds is 2. The van der Waals surface area contributed by atoms with E-state index in [1.807, 2.05) is 0 Å². The minimum Gasteiger partial charge on any atom is -0.367 e. The first-order valence-corrected chi connectivity index (χ1v) is 3.35. The van der Waals surface area contributed by atoms with E-state index >= 15 is 0 Å². The molecule has 0 aromatic carbocycles. The molecule has 0 radical (unpaired) electrons. The minimum absolute atomic E-state index is 0.489. The van der Waals surface area contributed by atoms with Crippen LogP contribution in [-0.2, 0) is 14.3 Å². The lowest BCUT2D eigenvalue weighted by atomic mass is 10.2. The quantitative estimate of drug-likeness (QED) is 0.512. The van der Waals surface area contributed by atoms with Crippen LogP contribution >= 0.6 is 0 Å². The lowest BCUT2D eigenvalue weighted by Gasteiger charge is -2.06. The van der Waals surface area contributed by atoms with Gasteiger partial charge in [0.1, 0.15) is 12.2 Å². The molecule has 11 heavy (non-hydrogen) atoms. The average molecular weight is 158 g/mol. The lowest BCUT2D eigenvalue weighted by molar-refractivity contribution is -0.135. The summed E-state index contributed by atoms with van der Waals surface area (Å²) in [6.45, 7) is 0. The van der Waals surface area contributed by atoms with Gasteiger partial charge >= 0.3 is 0 Å². The fraction of sp³-hybridized carbons (Fsp3) is 0.667. The Morgan fingerprint density at radius 1 is 1.09 bits per heavy atom. The molecule has 4 N–H and O–H groups in total. The van der Waals surface area contributed by atoms with Gasteiger partial charge < -0.3 is 16.2 Å². The molecule has 1 aliphatic rings. The Morgan fingerprint density at radius 2 is 1.45 bits per heavy atom. The Kier molecular flexibility index (Phi) is 2.09. The van der Waals surface area contributed by atoms with Crippen molar-refractivity contribution >= 4 is 11.8 Å². The first kappa shape index (κ1) is 8.00. The zero-order valence-electron chi connectivity index (χ0n) is 5.95. The highest BCUT2D eigenvalue weighted by Gasteiger charge is 2.32. The Hall–Kier alpha value is -1.10. The van der Waals surface area contributed by atoms with Gasteiger partial charge in [-0.15, -0.1) is 0 Å². The third-order valence-electron chi connectivity index (χ3n) is 1.65. The molecule has 0 aliphatic carbocycles. The maximum absolute atomic E-state index is 10.5. The number of ether oxygens (including phenoxy) is 1. The number of carbonyl (C=O) groups is 2. The number of amides is 2. The maximum Gasteiger partial charge on any atom is 0.246 e. The van der Waals surface area contributed by atoms with Crippen LogP contribution in [0.5, 0.6) is 0 Å². The molecule has 1 fully saturated rings. The summed E-state index contributed by atoms with van der Waals surface area (Å²) in [7, 11) is 0. The monoisotopic (exact) mass is 158 g/mol. The molecular weight excluding hydrogens is 148 g/mol. The van der Waals surface area contributed by atoms with Crippen LogP contribution in [-0.4, -0.2) is 24.0 Å². The van der Waals surface area contributed by atoms with Crippen molar-refractivity contribution in [2.45, 2.75) is 25.0 Å². The first-order chi connectivity index (χ1) is 5.11. The van der Waals surface area contributed by atoms with Crippen molar-refractivity contribution in [3.8, 4) is 0 Å². The van der Waals surface area contributed by atoms with Crippen LogP contribution in [0.3, 0.4) is 0 Å². The summed E-state index contributed by atoms with van der Waals surface area (Å²) in [6, 6.07) is 0. The molecule has 62 valence electrons. The summed E-state index contributed by atoms with van der Waals surface area (Å²) < 4.78 is 4.94. The maximum atomic E-state index is 10.5. The van der Waals surface area contributed by atoms with Gasteiger partial charge in [0.05, 0.1) is 0 Å². The average Bonchev–Trinajstić information content (AvgIpc) is 2.33. The second-order valence-corrected chi connectivity index (χ2v) is 2.50. The van der Waals surface area contributed by atoms with E-state index in [0.29, 0.717) is 12.8 Å². The highest BCUT2D eigenvalue weighted by Crippen LogP contribution is 2.18. The predicted molar refractivity (Wildman–Crippen MR) is 36.3 cm³/mol. The molecule has 1 aliphatic heterocycles. The molecule has 2 atom stereocenters. The van der Waals surface area contributed by atoms with Gasteiger partial charge in [-0.3, -0.25) is 9.59 Å². The largest absolute Gasteiger partial charge is 0.367 e. The Labute approximate surface area is 63.7 Å². The SMILES string of the molecule is NC(=O)C1CCC(C(N)=O)O1. The molecule has 0 bridgehead atoms. The van der Waals surface area contributed by atoms with E-state index in [2.05, 4.69) is 0 Å². The highest BCUT2D eigenvalue weighted by molar-refractivity contribution is 5.83. The van der Waals surface area contributed by atoms with Gasteiger partial charge in [-0.1, -0.05) is 0 Å². The number of hydrogen-bond acceptors (Lipinski definition) is 3. The summed E-state index contributed by atoms with van der Waals surface area (Å²) in [4.78, 5) is 21.0. The second-order valence-electron chi connectivity index (χ2n) is 2.50. The summed E-state index contributed by atoms with van der Waals surface area (Å²) in [5.74, 6) is -1.07. The van der Waals surface area contributed by atoms with Crippen LogP contribution in [0.4, 0.5) is 0 Å². The van der Waals surface area contributed by atoms with Crippen molar-refractivity contribution in [3.05, 3.63) is 0 Å². The van der Waals surface area contributed by atoms with E-state index in [1.165, 1.54) is 0 Å². The Balaban J connectivity index is 2.47. The Morgan fingerprint density at radius 3 is 1.64 bits per heavy atom. The minimum atomic E-state index is -0.632. The van der Waals surface area contributed by atoms with Gasteiger partial charge in [-0.25, -0.2) is 0 Å². The van der Waals surface area contributed by atoms with Gasteiger partial charge in [-0.2, -0.15) is 0 Å². The van der Waals surface area contributed by atoms with E-state index in [0.717, 1.165) is 0 Å². The van der Waals surface area contributed by atoms with E-state index in [1.54, 1.807) is 0 Å². The summed E-state index contributed by atoms with van der Waals surface area (Å²) in [6.07, 6.45) is -0.286. The van der Waals surface area contributed by atoms with Crippen molar-refractivity contribution in [2.24, 2.45) is 11.5 Å². The first-order valence-electron chi connectivity index (χ1n) is 3.35. The van der Waals surface area contributed by atoms with Crippen LogP contribution in [0.1, 0.15) is 12.8 Å². The fourth-order valence-electron chi connectivity index (χ4n) is 1.06. The molecule has 0 saturated carbocycles. The predicted octanol–water partition coefficient (Wildman–Crippen LogP) is -1.50. The van der Waals surface area contributed by atoms with Crippen molar-refractivity contribution in [1.82, 2.24) is 0 Å². The molecule has 0 aromatic rings. The molecule has 2 amide bonds. The van der Waals surface area contributed by atoms with Crippen LogP contribution < -0.4 is 11.5 Å². The smallest absolute Gasteiger partial charge is 0.246 e. The van der Waals surface area contributed by atoms with Crippen LogP contribution in [0, 0.1) is 0 Å². The van der Waals surface area contributed by atoms with Crippen molar-refractivity contribution in [3.63, 3.8) is 0 Å². The standard InChI is InChI=1S/C6H10N2O3/c7-5(9)3-1-2-4(11-3)6(8)10/h3-4H,1-2H2,(H2,7,9)(H2,8,10). The highest BCUT2D eigenvalue weighted by atomic mass is 16.5. The third-order valence-corrected chi connectivity index (χ3v) is 1.65. The van der Waals surface area contributed by atoms with E-state index in [-0.39, 0.29) is 0 Å². The third kappa shape index (κ3) is 1.68. The normalized spacial score (nSPS) is 30.2. The molecule has 0 aromatic heterocycles. The van der Waals surface area contributed by atoms with Crippen LogP contribution in [0.25, 0.3) is 0 Å². The topological polar surface area (TPSA) is 95.4 Å². The van der Waals surface area contributed by atoms with E-state index in [4.69, 9.17) is 16.2 Å². The second kappa shape index (κ2) is 2.87. The van der Waals surface area contributed by atoms with Crippen molar-refractivity contribution in [1.29, 1.82) is 0 Å². The van der Waals surface area contributed by atoms with Gasteiger partial charge in [-0.05, 0) is 12.8 Å². The van der Waals surface area contributed by atoms with Gasteiger partial charge in [0, 0.05) is 0 Å². The molecule has 1 rings (SSSR count). The van der Waals surface area contributed by atoms with Crippen molar-refractivity contribution in [2.75, 3.05) is 0 Å². The molecular formula is C6H10N2O3. The van der Waals surface area contributed by atoms with Gasteiger partial charge in [0.2, 0.25) is 11.8 Å². The Bertz CT molecular complexity index is 172.